The molecule has 2 aliphatic rings. The Kier molecular flexibility index (Phi) is 7.69. The summed E-state index contributed by atoms with van der Waals surface area (Å²) in [5.74, 6) is 3.86. The molecule has 2 fully saturated rings. The molecule has 0 amide bonds. The van der Waals surface area contributed by atoms with E-state index >= 15 is 0 Å². The van der Waals surface area contributed by atoms with Gasteiger partial charge in [-0.2, -0.15) is 0 Å². The summed E-state index contributed by atoms with van der Waals surface area (Å²) in [5, 5.41) is 0. The molecule has 0 bridgehead atoms. The van der Waals surface area contributed by atoms with Crippen molar-refractivity contribution in [3.63, 3.8) is 0 Å². The van der Waals surface area contributed by atoms with Gasteiger partial charge < -0.3 is 0 Å². The largest absolute Gasteiger partial charge is 0.0654 e. The fourth-order valence-corrected chi connectivity index (χ4v) is 6.33. The van der Waals surface area contributed by atoms with Crippen molar-refractivity contribution in [2.75, 3.05) is 0 Å². The molecule has 0 aromatic heterocycles. The SMILES string of the molecule is CCCCCC1CCC2CC(c3ccc(-c4ccc(CCC)cc4)cc3)CCC2C1. The second kappa shape index (κ2) is 10.7. The van der Waals surface area contributed by atoms with Crippen LogP contribution >= 0.6 is 0 Å². The first-order chi connectivity index (χ1) is 14.8. The summed E-state index contributed by atoms with van der Waals surface area (Å²) in [6.45, 7) is 4.58. The van der Waals surface area contributed by atoms with E-state index in [1.54, 1.807) is 5.56 Å². The normalized spacial score (nSPS) is 26.3. The lowest BCUT2D eigenvalue weighted by Gasteiger charge is -2.42. The molecule has 2 aromatic carbocycles. The van der Waals surface area contributed by atoms with E-state index in [-0.39, 0.29) is 0 Å². The van der Waals surface area contributed by atoms with Gasteiger partial charge in [-0.1, -0.05) is 101 Å². The first-order valence-corrected chi connectivity index (χ1v) is 13.0. The number of benzene rings is 2. The van der Waals surface area contributed by atoms with Crippen molar-refractivity contribution in [3.8, 4) is 11.1 Å². The van der Waals surface area contributed by atoms with Crippen LogP contribution in [0.5, 0.6) is 0 Å². The molecule has 30 heavy (non-hydrogen) atoms. The number of aryl methyl sites for hydroxylation is 1. The first kappa shape index (κ1) is 21.7. The third kappa shape index (κ3) is 5.37. The van der Waals surface area contributed by atoms with Gasteiger partial charge in [0, 0.05) is 0 Å². The van der Waals surface area contributed by atoms with E-state index in [0.29, 0.717) is 0 Å². The summed E-state index contributed by atoms with van der Waals surface area (Å²) in [7, 11) is 0. The van der Waals surface area contributed by atoms with E-state index in [1.165, 1.54) is 93.7 Å². The number of hydrogen-bond donors (Lipinski definition) is 0. The molecule has 0 spiro atoms. The van der Waals surface area contributed by atoms with Crippen LogP contribution in [0.15, 0.2) is 48.5 Å². The van der Waals surface area contributed by atoms with E-state index in [1.807, 2.05) is 0 Å². The molecule has 4 atom stereocenters. The van der Waals surface area contributed by atoms with E-state index < -0.39 is 0 Å². The molecule has 162 valence electrons. The Morgan fingerprint density at radius 1 is 0.667 bits per heavy atom. The Balaban J connectivity index is 1.32. The summed E-state index contributed by atoms with van der Waals surface area (Å²) < 4.78 is 0. The fourth-order valence-electron chi connectivity index (χ4n) is 6.33. The zero-order chi connectivity index (χ0) is 20.8. The van der Waals surface area contributed by atoms with Crippen molar-refractivity contribution in [3.05, 3.63) is 59.7 Å². The molecule has 0 heteroatoms. The highest BCUT2D eigenvalue weighted by molar-refractivity contribution is 5.64. The Morgan fingerprint density at radius 2 is 1.33 bits per heavy atom. The Hall–Kier alpha value is -1.56. The molecule has 4 rings (SSSR count). The van der Waals surface area contributed by atoms with Gasteiger partial charge in [-0.25, -0.2) is 0 Å². The lowest BCUT2D eigenvalue weighted by atomic mass is 9.63. The van der Waals surface area contributed by atoms with Crippen molar-refractivity contribution < 1.29 is 0 Å². The van der Waals surface area contributed by atoms with Crippen LogP contribution in [0.25, 0.3) is 11.1 Å². The fraction of sp³-hybridized carbons (Fsp3) is 0.600. The highest BCUT2D eigenvalue weighted by Crippen LogP contribution is 2.48. The third-order valence-corrected chi connectivity index (χ3v) is 8.15. The minimum Gasteiger partial charge on any atom is -0.0654 e. The van der Waals surface area contributed by atoms with Crippen molar-refractivity contribution in [2.24, 2.45) is 17.8 Å². The quantitative estimate of drug-likeness (QED) is 0.386. The average Bonchev–Trinajstić information content (AvgIpc) is 2.80. The molecule has 0 nitrogen and oxygen atoms in total. The minimum atomic E-state index is 0.795. The molecule has 0 heterocycles. The van der Waals surface area contributed by atoms with Gasteiger partial charge in [0.1, 0.15) is 0 Å². The van der Waals surface area contributed by atoms with Crippen LogP contribution in [0.2, 0.25) is 0 Å². The number of rotatable bonds is 8. The van der Waals surface area contributed by atoms with Gasteiger partial charge in [0.05, 0.1) is 0 Å². The van der Waals surface area contributed by atoms with Crippen LogP contribution in [0.1, 0.15) is 102 Å². The van der Waals surface area contributed by atoms with Crippen LogP contribution in [0.4, 0.5) is 0 Å². The highest BCUT2D eigenvalue weighted by Gasteiger charge is 2.35. The lowest BCUT2D eigenvalue weighted by molar-refractivity contribution is 0.113. The zero-order valence-corrected chi connectivity index (χ0v) is 19.4. The number of fused-ring (bicyclic) bond motifs is 1. The predicted octanol–water partition coefficient (Wildman–Crippen LogP) is 9.19. The monoisotopic (exact) mass is 402 g/mol. The smallest absolute Gasteiger partial charge is 0.0159 e. The molecule has 0 aliphatic heterocycles. The standard InChI is InChI=1S/C30H42/c1-3-5-6-8-24-11-14-30-22-29(20-19-28(30)21-24)27-17-15-26(16-18-27)25-12-9-23(7-4-2)10-13-25/h9-10,12-13,15-18,24,28-30H,3-8,11,14,19-22H2,1-2H3. The first-order valence-electron chi connectivity index (χ1n) is 13.0. The van der Waals surface area contributed by atoms with Crippen LogP contribution in [-0.4, -0.2) is 0 Å². The van der Waals surface area contributed by atoms with Gasteiger partial charge in [-0.3, -0.25) is 0 Å². The van der Waals surface area contributed by atoms with Crippen molar-refractivity contribution in [2.45, 2.75) is 96.8 Å². The highest BCUT2D eigenvalue weighted by atomic mass is 14.4. The maximum absolute atomic E-state index is 2.43. The summed E-state index contributed by atoms with van der Waals surface area (Å²) >= 11 is 0. The maximum Gasteiger partial charge on any atom is -0.0159 e. The molecule has 4 unspecified atom stereocenters. The van der Waals surface area contributed by atoms with E-state index in [0.717, 1.165) is 23.7 Å². The lowest BCUT2D eigenvalue weighted by Crippen LogP contribution is -2.30. The molecule has 2 saturated carbocycles. The third-order valence-electron chi connectivity index (χ3n) is 8.15. The molecule has 2 aromatic rings. The van der Waals surface area contributed by atoms with Crippen LogP contribution in [0, 0.1) is 17.8 Å². The molecule has 2 aliphatic carbocycles. The molecule has 0 radical (unpaired) electrons. The second-order valence-electron chi connectivity index (χ2n) is 10.3. The van der Waals surface area contributed by atoms with Gasteiger partial charge in [0.25, 0.3) is 0 Å². The van der Waals surface area contributed by atoms with Gasteiger partial charge in [0.15, 0.2) is 0 Å². The van der Waals surface area contributed by atoms with Crippen LogP contribution < -0.4 is 0 Å². The van der Waals surface area contributed by atoms with Gasteiger partial charge in [-0.15, -0.1) is 0 Å². The van der Waals surface area contributed by atoms with E-state index in [2.05, 4.69) is 62.4 Å². The van der Waals surface area contributed by atoms with Gasteiger partial charge >= 0.3 is 0 Å². The van der Waals surface area contributed by atoms with E-state index in [4.69, 9.17) is 0 Å². The summed E-state index contributed by atoms with van der Waals surface area (Å²) in [6, 6.07) is 18.8. The average molecular weight is 403 g/mol. The topological polar surface area (TPSA) is 0 Å². The van der Waals surface area contributed by atoms with Gasteiger partial charge in [0.2, 0.25) is 0 Å². The second-order valence-corrected chi connectivity index (χ2v) is 10.3. The Labute approximate surface area is 185 Å². The van der Waals surface area contributed by atoms with E-state index in [9.17, 15) is 0 Å². The maximum atomic E-state index is 2.43. The molecule has 0 N–H and O–H groups in total. The molecular weight excluding hydrogens is 360 g/mol. The minimum absolute atomic E-state index is 0.795. The van der Waals surface area contributed by atoms with Crippen LogP contribution in [0.3, 0.4) is 0 Å². The zero-order valence-electron chi connectivity index (χ0n) is 19.4. The molecular formula is C30H42. The number of hydrogen-bond acceptors (Lipinski definition) is 0. The summed E-state index contributed by atoms with van der Waals surface area (Å²) in [6.07, 6.45) is 17.0. The summed E-state index contributed by atoms with van der Waals surface area (Å²) in [5.41, 5.74) is 5.76. The predicted molar refractivity (Wildman–Crippen MR) is 131 cm³/mol. The van der Waals surface area contributed by atoms with Crippen molar-refractivity contribution >= 4 is 0 Å². The number of unbranched alkanes of at least 4 members (excludes halogenated alkanes) is 2. The van der Waals surface area contributed by atoms with Crippen LogP contribution in [-0.2, 0) is 6.42 Å². The Morgan fingerprint density at radius 3 is 2.03 bits per heavy atom. The van der Waals surface area contributed by atoms with Gasteiger partial charge in [-0.05, 0) is 84.5 Å². The van der Waals surface area contributed by atoms with Crippen molar-refractivity contribution in [1.29, 1.82) is 0 Å². The van der Waals surface area contributed by atoms with Crippen molar-refractivity contribution in [1.82, 2.24) is 0 Å². The Bertz CT molecular complexity index is 754. The molecule has 0 saturated heterocycles. The summed E-state index contributed by atoms with van der Waals surface area (Å²) in [4.78, 5) is 0.